The Labute approximate surface area is 111 Å². The number of ether oxygens (including phenoxy) is 1. The molecule has 100 valence electrons. The third kappa shape index (κ3) is 2.69. The molecule has 0 saturated carbocycles. The molecule has 0 fully saturated rings. The first-order valence-corrected chi connectivity index (χ1v) is 6.99. The molecule has 0 bridgehead atoms. The van der Waals surface area contributed by atoms with E-state index >= 15 is 0 Å². The first-order chi connectivity index (χ1) is 8.43. The van der Waals surface area contributed by atoms with Gasteiger partial charge in [0.2, 0.25) is 0 Å². The van der Waals surface area contributed by atoms with Gasteiger partial charge in [-0.1, -0.05) is 32.9 Å². The highest BCUT2D eigenvalue weighted by Gasteiger charge is 2.33. The molecular weight excluding hydrogens is 222 g/mol. The monoisotopic (exact) mass is 247 g/mol. The Morgan fingerprint density at radius 3 is 2.72 bits per heavy atom. The Balaban J connectivity index is 2.40. The molecular formula is C16H25NO. The minimum Gasteiger partial charge on any atom is -0.487 e. The Morgan fingerprint density at radius 1 is 1.39 bits per heavy atom. The largest absolute Gasteiger partial charge is 0.487 e. The summed E-state index contributed by atoms with van der Waals surface area (Å²) in [5, 5.41) is 3.58. The lowest BCUT2D eigenvalue weighted by Gasteiger charge is -2.38. The maximum absolute atomic E-state index is 6.09. The molecule has 1 N–H and O–H groups in total. The Kier molecular flexibility index (Phi) is 3.67. The van der Waals surface area contributed by atoms with Crippen molar-refractivity contribution in [3.05, 3.63) is 29.3 Å². The normalized spacial score (nSPS) is 21.6. The van der Waals surface area contributed by atoms with Crippen molar-refractivity contribution in [2.75, 3.05) is 6.54 Å². The van der Waals surface area contributed by atoms with Crippen LogP contribution in [0.1, 0.15) is 64.1 Å². The van der Waals surface area contributed by atoms with Crippen molar-refractivity contribution < 1.29 is 4.74 Å². The summed E-state index contributed by atoms with van der Waals surface area (Å²) in [5.41, 5.74) is 2.63. The van der Waals surface area contributed by atoms with Crippen LogP contribution in [-0.4, -0.2) is 12.1 Å². The van der Waals surface area contributed by atoms with Crippen molar-refractivity contribution in [2.45, 2.75) is 58.6 Å². The molecule has 18 heavy (non-hydrogen) atoms. The lowest BCUT2D eigenvalue weighted by atomic mass is 9.87. The van der Waals surface area contributed by atoms with Crippen LogP contribution in [0.4, 0.5) is 0 Å². The van der Waals surface area contributed by atoms with Gasteiger partial charge in [-0.05, 0) is 37.9 Å². The highest BCUT2D eigenvalue weighted by molar-refractivity contribution is 5.42. The summed E-state index contributed by atoms with van der Waals surface area (Å²) < 4.78 is 6.09. The highest BCUT2D eigenvalue weighted by Crippen LogP contribution is 2.40. The SMILES string of the molecule is CCNC1CC(C)(C)Oc2ccc(C(C)C)cc21. The molecule has 1 aromatic rings. The molecule has 1 aliphatic rings. The molecule has 0 aromatic heterocycles. The molecule has 2 rings (SSSR count). The molecule has 1 aromatic carbocycles. The number of fused-ring (bicyclic) bond motifs is 1. The average Bonchev–Trinajstić information content (AvgIpc) is 2.27. The summed E-state index contributed by atoms with van der Waals surface area (Å²) in [6.07, 6.45) is 1.02. The van der Waals surface area contributed by atoms with Crippen LogP contribution in [0.3, 0.4) is 0 Å². The van der Waals surface area contributed by atoms with Crippen LogP contribution < -0.4 is 10.1 Å². The molecule has 0 amide bonds. The molecule has 0 aliphatic carbocycles. The maximum atomic E-state index is 6.09. The first kappa shape index (κ1) is 13.4. The van der Waals surface area contributed by atoms with Crippen molar-refractivity contribution in [2.24, 2.45) is 0 Å². The number of hydrogen-bond donors (Lipinski definition) is 1. The smallest absolute Gasteiger partial charge is 0.124 e. The van der Waals surface area contributed by atoms with E-state index < -0.39 is 0 Å². The second kappa shape index (κ2) is 4.93. The number of nitrogens with one attached hydrogen (secondary N) is 1. The van der Waals surface area contributed by atoms with E-state index in [1.54, 1.807) is 0 Å². The molecule has 0 saturated heterocycles. The summed E-state index contributed by atoms with van der Waals surface area (Å²) >= 11 is 0. The van der Waals surface area contributed by atoms with Gasteiger partial charge in [-0.3, -0.25) is 0 Å². The predicted molar refractivity (Wildman–Crippen MR) is 76.3 cm³/mol. The van der Waals surface area contributed by atoms with Crippen molar-refractivity contribution >= 4 is 0 Å². The molecule has 2 nitrogen and oxygen atoms in total. The van der Waals surface area contributed by atoms with Crippen molar-refractivity contribution in [3.63, 3.8) is 0 Å². The Morgan fingerprint density at radius 2 is 2.11 bits per heavy atom. The standard InChI is InChI=1S/C16H25NO/c1-6-17-14-10-16(4,5)18-15-8-7-12(11(2)3)9-13(14)15/h7-9,11,14,17H,6,10H2,1-5H3. The fourth-order valence-electron chi connectivity index (χ4n) is 2.66. The van der Waals surface area contributed by atoms with E-state index in [1.807, 2.05) is 0 Å². The Bertz CT molecular complexity index is 423. The van der Waals surface area contributed by atoms with Crippen LogP contribution in [0.2, 0.25) is 0 Å². The van der Waals surface area contributed by atoms with Gasteiger partial charge in [0.1, 0.15) is 11.4 Å². The zero-order chi connectivity index (χ0) is 13.3. The van der Waals surface area contributed by atoms with E-state index in [4.69, 9.17) is 4.74 Å². The molecule has 1 atom stereocenters. The second-order valence-corrected chi connectivity index (χ2v) is 6.13. The maximum Gasteiger partial charge on any atom is 0.124 e. The fourth-order valence-corrected chi connectivity index (χ4v) is 2.66. The van der Waals surface area contributed by atoms with Gasteiger partial charge in [0.15, 0.2) is 0 Å². The van der Waals surface area contributed by atoms with E-state index in [2.05, 4.69) is 58.1 Å². The summed E-state index contributed by atoms with van der Waals surface area (Å²) in [7, 11) is 0. The van der Waals surface area contributed by atoms with Crippen LogP contribution in [0.15, 0.2) is 18.2 Å². The van der Waals surface area contributed by atoms with Gasteiger partial charge in [0.05, 0.1) is 0 Å². The first-order valence-electron chi connectivity index (χ1n) is 6.99. The van der Waals surface area contributed by atoms with E-state index in [1.165, 1.54) is 11.1 Å². The van der Waals surface area contributed by atoms with Crippen molar-refractivity contribution in [1.82, 2.24) is 5.32 Å². The topological polar surface area (TPSA) is 21.3 Å². The van der Waals surface area contributed by atoms with Crippen LogP contribution in [-0.2, 0) is 0 Å². The molecule has 1 aliphatic heterocycles. The molecule has 0 spiro atoms. The number of benzene rings is 1. The van der Waals surface area contributed by atoms with E-state index in [0.717, 1.165) is 18.7 Å². The average molecular weight is 247 g/mol. The van der Waals surface area contributed by atoms with Crippen molar-refractivity contribution in [1.29, 1.82) is 0 Å². The highest BCUT2D eigenvalue weighted by atomic mass is 16.5. The fraction of sp³-hybridized carbons (Fsp3) is 0.625. The minimum atomic E-state index is -0.0841. The minimum absolute atomic E-state index is 0.0841. The van der Waals surface area contributed by atoms with Crippen LogP contribution in [0.5, 0.6) is 5.75 Å². The molecule has 0 radical (unpaired) electrons. The lowest BCUT2D eigenvalue weighted by Crippen LogP contribution is -2.39. The van der Waals surface area contributed by atoms with E-state index in [0.29, 0.717) is 12.0 Å². The Hall–Kier alpha value is -1.02. The summed E-state index contributed by atoms with van der Waals surface area (Å²) in [6, 6.07) is 7.04. The summed E-state index contributed by atoms with van der Waals surface area (Å²) in [6.45, 7) is 11.9. The predicted octanol–water partition coefficient (Wildman–Crippen LogP) is 4.02. The van der Waals surface area contributed by atoms with Gasteiger partial charge < -0.3 is 10.1 Å². The van der Waals surface area contributed by atoms with E-state index in [9.17, 15) is 0 Å². The van der Waals surface area contributed by atoms with Crippen molar-refractivity contribution in [3.8, 4) is 5.75 Å². The van der Waals surface area contributed by atoms with Gasteiger partial charge in [0, 0.05) is 18.0 Å². The van der Waals surface area contributed by atoms with Gasteiger partial charge in [0.25, 0.3) is 0 Å². The molecule has 2 heteroatoms. The van der Waals surface area contributed by atoms with Gasteiger partial charge in [-0.2, -0.15) is 0 Å². The molecule has 1 heterocycles. The van der Waals surface area contributed by atoms with Crippen LogP contribution in [0.25, 0.3) is 0 Å². The summed E-state index contributed by atoms with van der Waals surface area (Å²) in [4.78, 5) is 0. The third-order valence-electron chi connectivity index (χ3n) is 3.61. The number of hydrogen-bond acceptors (Lipinski definition) is 2. The zero-order valence-corrected chi connectivity index (χ0v) is 12.2. The van der Waals surface area contributed by atoms with Gasteiger partial charge in [-0.15, -0.1) is 0 Å². The van der Waals surface area contributed by atoms with Gasteiger partial charge in [-0.25, -0.2) is 0 Å². The van der Waals surface area contributed by atoms with Gasteiger partial charge >= 0.3 is 0 Å². The second-order valence-electron chi connectivity index (χ2n) is 6.13. The summed E-state index contributed by atoms with van der Waals surface area (Å²) in [5.74, 6) is 1.61. The zero-order valence-electron chi connectivity index (χ0n) is 12.2. The molecule has 1 unspecified atom stereocenters. The lowest BCUT2D eigenvalue weighted by molar-refractivity contribution is 0.0664. The number of rotatable bonds is 3. The van der Waals surface area contributed by atoms with Crippen LogP contribution >= 0.6 is 0 Å². The quantitative estimate of drug-likeness (QED) is 0.871. The van der Waals surface area contributed by atoms with Crippen LogP contribution in [0, 0.1) is 0 Å². The third-order valence-corrected chi connectivity index (χ3v) is 3.61. The van der Waals surface area contributed by atoms with E-state index in [-0.39, 0.29) is 5.60 Å².